The molecule has 0 aromatic heterocycles. The van der Waals surface area contributed by atoms with Crippen LogP contribution in [-0.4, -0.2) is 17.9 Å². The Labute approximate surface area is 120 Å². The van der Waals surface area contributed by atoms with Gasteiger partial charge >= 0.3 is 0 Å². The van der Waals surface area contributed by atoms with Gasteiger partial charge < -0.3 is 4.90 Å². The first-order valence-electron chi connectivity index (χ1n) is 5.58. The Bertz CT molecular complexity index is 564. The largest absolute Gasteiger partial charge is 0.334 e. The van der Waals surface area contributed by atoms with Gasteiger partial charge in [-0.1, -0.05) is 48.0 Å². The van der Waals surface area contributed by atoms with Crippen LogP contribution in [0.25, 0.3) is 5.70 Å². The minimum absolute atomic E-state index is 0.344. The molecule has 1 aliphatic rings. The van der Waals surface area contributed by atoms with Crippen LogP contribution >= 0.6 is 23.2 Å². The van der Waals surface area contributed by atoms with E-state index in [1.54, 1.807) is 36.4 Å². The molecule has 0 N–H and O–H groups in total. The highest BCUT2D eigenvalue weighted by Crippen LogP contribution is 2.35. The molecule has 1 heterocycles. The number of hydrogen-bond acceptors (Lipinski definition) is 1. The summed E-state index contributed by atoms with van der Waals surface area (Å²) < 4.78 is 25.4. The molecule has 1 aromatic carbocycles. The lowest BCUT2D eigenvalue weighted by Crippen LogP contribution is -2.28. The SMILES string of the molecule is C=C1C(Cl)=CC=C(c2ccccc2Cl)N1CC(F)F. The number of hydrogen-bond donors (Lipinski definition) is 0. The number of nitrogens with zero attached hydrogens (tertiary/aromatic N) is 1. The standard InChI is InChI=1S/C14H11Cl2F2N/c1-9-11(15)6-7-13(19(9)8-14(17)18)10-4-2-3-5-12(10)16/h2-7,14H,1,8H2. The minimum Gasteiger partial charge on any atom is -0.334 e. The fourth-order valence-electron chi connectivity index (χ4n) is 1.86. The van der Waals surface area contributed by atoms with Crippen molar-refractivity contribution < 1.29 is 8.78 Å². The molecule has 1 aliphatic heterocycles. The molecule has 2 rings (SSSR count). The van der Waals surface area contributed by atoms with Gasteiger partial charge in [0.1, 0.15) is 0 Å². The lowest BCUT2D eigenvalue weighted by atomic mass is 10.1. The van der Waals surface area contributed by atoms with Crippen LogP contribution in [0.1, 0.15) is 5.56 Å². The van der Waals surface area contributed by atoms with Crippen LogP contribution in [0.3, 0.4) is 0 Å². The Kier molecular flexibility index (Phi) is 4.27. The third-order valence-corrected chi connectivity index (χ3v) is 3.42. The molecule has 0 aliphatic carbocycles. The highest BCUT2D eigenvalue weighted by Gasteiger charge is 2.24. The summed E-state index contributed by atoms with van der Waals surface area (Å²) in [4.78, 5) is 1.38. The average Bonchev–Trinajstić information content (AvgIpc) is 2.36. The summed E-state index contributed by atoms with van der Waals surface area (Å²) in [6, 6.07) is 7.06. The van der Waals surface area contributed by atoms with Crippen molar-refractivity contribution in [3.05, 3.63) is 64.3 Å². The lowest BCUT2D eigenvalue weighted by molar-refractivity contribution is 0.123. The van der Waals surface area contributed by atoms with Crippen LogP contribution in [0, 0.1) is 0 Å². The summed E-state index contributed by atoms with van der Waals surface area (Å²) in [5, 5.41) is 0.837. The van der Waals surface area contributed by atoms with Gasteiger partial charge in [-0.15, -0.1) is 0 Å². The number of alkyl halides is 2. The molecule has 0 saturated heterocycles. The summed E-state index contributed by atoms with van der Waals surface area (Å²) in [7, 11) is 0. The van der Waals surface area contributed by atoms with Crippen LogP contribution in [0.5, 0.6) is 0 Å². The predicted octanol–water partition coefficient (Wildman–Crippen LogP) is 4.90. The second kappa shape index (κ2) is 5.76. The lowest BCUT2D eigenvalue weighted by Gasteiger charge is -2.31. The molecule has 0 spiro atoms. The number of benzene rings is 1. The van der Waals surface area contributed by atoms with E-state index in [-0.39, 0.29) is 0 Å². The van der Waals surface area contributed by atoms with Crippen molar-refractivity contribution >= 4 is 28.9 Å². The molecular formula is C14H11Cl2F2N. The zero-order valence-corrected chi connectivity index (χ0v) is 11.4. The summed E-state index contributed by atoms with van der Waals surface area (Å²) in [6.45, 7) is 3.27. The molecule has 0 atom stereocenters. The summed E-state index contributed by atoms with van der Waals surface area (Å²) in [5.74, 6) is 0. The fourth-order valence-corrected chi connectivity index (χ4v) is 2.26. The zero-order chi connectivity index (χ0) is 14.0. The molecular weight excluding hydrogens is 291 g/mol. The van der Waals surface area contributed by atoms with Crippen molar-refractivity contribution in [2.45, 2.75) is 6.43 Å². The second-order valence-corrected chi connectivity index (χ2v) is 4.81. The van der Waals surface area contributed by atoms with E-state index in [9.17, 15) is 8.78 Å². The Balaban J connectivity index is 2.46. The summed E-state index contributed by atoms with van der Waals surface area (Å²) in [6.07, 6.45) is 0.802. The van der Waals surface area contributed by atoms with Crippen LogP contribution < -0.4 is 0 Å². The molecule has 0 bridgehead atoms. The van der Waals surface area contributed by atoms with Gasteiger partial charge in [0.2, 0.25) is 0 Å². The molecule has 0 fully saturated rings. The Morgan fingerprint density at radius 3 is 2.47 bits per heavy atom. The van der Waals surface area contributed by atoms with Gasteiger partial charge in [-0.3, -0.25) is 0 Å². The Morgan fingerprint density at radius 1 is 1.16 bits per heavy atom. The molecule has 100 valence electrons. The van der Waals surface area contributed by atoms with E-state index in [0.29, 0.717) is 27.0 Å². The summed E-state index contributed by atoms with van der Waals surface area (Å²) in [5.41, 5.74) is 1.59. The highest BCUT2D eigenvalue weighted by atomic mass is 35.5. The van der Waals surface area contributed by atoms with E-state index in [0.717, 1.165) is 0 Å². The number of halogens is 4. The summed E-state index contributed by atoms with van der Waals surface area (Å²) >= 11 is 12.0. The smallest absolute Gasteiger partial charge is 0.256 e. The third kappa shape index (κ3) is 2.99. The topological polar surface area (TPSA) is 3.24 Å². The van der Waals surface area contributed by atoms with Gasteiger partial charge in [0.15, 0.2) is 0 Å². The van der Waals surface area contributed by atoms with E-state index in [4.69, 9.17) is 23.2 Å². The van der Waals surface area contributed by atoms with Crippen LogP contribution in [0.4, 0.5) is 8.78 Å². The van der Waals surface area contributed by atoms with E-state index < -0.39 is 13.0 Å². The van der Waals surface area contributed by atoms with Gasteiger partial charge in [0.25, 0.3) is 6.43 Å². The molecule has 0 saturated carbocycles. The third-order valence-electron chi connectivity index (χ3n) is 2.75. The van der Waals surface area contributed by atoms with Crippen molar-refractivity contribution in [2.75, 3.05) is 6.54 Å². The van der Waals surface area contributed by atoms with Gasteiger partial charge in [0.05, 0.1) is 23.0 Å². The molecule has 5 heteroatoms. The highest BCUT2D eigenvalue weighted by molar-refractivity contribution is 6.33. The molecule has 1 nitrogen and oxygen atoms in total. The Hall–Kier alpha value is -1.32. The van der Waals surface area contributed by atoms with Crippen molar-refractivity contribution in [3.63, 3.8) is 0 Å². The maximum absolute atomic E-state index is 12.7. The van der Waals surface area contributed by atoms with Crippen LogP contribution in [-0.2, 0) is 0 Å². The van der Waals surface area contributed by atoms with Crippen molar-refractivity contribution in [1.82, 2.24) is 4.90 Å². The van der Waals surface area contributed by atoms with Crippen LogP contribution in [0.2, 0.25) is 5.02 Å². The normalized spacial score (nSPS) is 15.6. The monoisotopic (exact) mass is 301 g/mol. The van der Waals surface area contributed by atoms with Gasteiger partial charge in [-0.25, -0.2) is 8.78 Å². The number of rotatable bonds is 3. The van der Waals surface area contributed by atoms with E-state index in [1.807, 2.05) is 0 Å². The maximum atomic E-state index is 12.7. The molecule has 1 aromatic rings. The van der Waals surface area contributed by atoms with Crippen LogP contribution in [0.15, 0.2) is 53.7 Å². The molecule has 0 amide bonds. The quantitative estimate of drug-likeness (QED) is 0.767. The van der Waals surface area contributed by atoms with E-state index in [1.165, 1.54) is 4.90 Å². The first-order chi connectivity index (χ1) is 9.00. The van der Waals surface area contributed by atoms with Gasteiger partial charge in [-0.05, 0) is 18.2 Å². The number of allylic oxidation sites excluding steroid dienone is 3. The molecule has 0 unspecified atom stereocenters. The second-order valence-electron chi connectivity index (χ2n) is 3.99. The fraction of sp³-hybridized carbons (Fsp3) is 0.143. The average molecular weight is 302 g/mol. The van der Waals surface area contributed by atoms with E-state index in [2.05, 4.69) is 6.58 Å². The molecule has 0 radical (unpaired) electrons. The maximum Gasteiger partial charge on any atom is 0.256 e. The first kappa shape index (κ1) is 14.1. The van der Waals surface area contributed by atoms with E-state index >= 15 is 0 Å². The van der Waals surface area contributed by atoms with Crippen molar-refractivity contribution in [2.24, 2.45) is 0 Å². The first-order valence-corrected chi connectivity index (χ1v) is 6.33. The predicted molar refractivity (Wildman–Crippen MR) is 75.2 cm³/mol. The van der Waals surface area contributed by atoms with Gasteiger partial charge in [0, 0.05) is 10.6 Å². The molecule has 19 heavy (non-hydrogen) atoms. The zero-order valence-electron chi connectivity index (χ0n) is 9.91. The Morgan fingerprint density at radius 2 is 1.84 bits per heavy atom. The van der Waals surface area contributed by atoms with Gasteiger partial charge in [-0.2, -0.15) is 0 Å². The minimum atomic E-state index is -2.50. The van der Waals surface area contributed by atoms with Crippen molar-refractivity contribution in [3.8, 4) is 0 Å². The van der Waals surface area contributed by atoms with Crippen molar-refractivity contribution in [1.29, 1.82) is 0 Å².